The van der Waals surface area contributed by atoms with E-state index in [9.17, 15) is 19.2 Å². The standard InChI is InChI=1S/C26H32FNO7/c1-8-33-22(30)17-13-28(14-9-10-14)19-12-15(18(27)11-16(19)21(17)29)20(23(31)34-25(2,3)4)24(32)35-26(5,6)7/h11-14,20H,8-10H2,1-7H3. The summed E-state index contributed by atoms with van der Waals surface area (Å²) in [6.45, 7) is 11.5. The van der Waals surface area contributed by atoms with Crippen molar-refractivity contribution in [3.8, 4) is 0 Å². The molecule has 190 valence electrons. The van der Waals surface area contributed by atoms with Crippen LogP contribution in [0.25, 0.3) is 10.9 Å². The SMILES string of the molecule is CCOC(=O)c1cn(C2CC2)c2cc(C(C(=O)OC(C)(C)C)C(=O)OC(C)(C)C)c(F)cc2c1=O. The van der Waals surface area contributed by atoms with E-state index in [-0.39, 0.29) is 29.2 Å². The molecule has 1 aliphatic carbocycles. The van der Waals surface area contributed by atoms with Gasteiger partial charge in [-0.3, -0.25) is 14.4 Å². The number of hydrogen-bond acceptors (Lipinski definition) is 7. The Balaban J connectivity index is 2.24. The van der Waals surface area contributed by atoms with Crippen LogP contribution in [-0.2, 0) is 23.8 Å². The minimum atomic E-state index is -1.70. The average Bonchev–Trinajstić information content (AvgIpc) is 3.52. The Morgan fingerprint density at radius 3 is 2.03 bits per heavy atom. The fraction of sp³-hybridized carbons (Fsp3) is 0.538. The molecule has 1 aliphatic rings. The maximum absolute atomic E-state index is 15.5. The molecular weight excluding hydrogens is 457 g/mol. The Labute approximate surface area is 203 Å². The first-order chi connectivity index (χ1) is 16.1. The van der Waals surface area contributed by atoms with E-state index in [2.05, 4.69) is 0 Å². The predicted octanol–water partition coefficient (Wildman–Crippen LogP) is 4.42. The first kappa shape index (κ1) is 26.4. The van der Waals surface area contributed by atoms with Gasteiger partial charge in [-0.25, -0.2) is 9.18 Å². The van der Waals surface area contributed by atoms with Crippen LogP contribution in [0.4, 0.5) is 4.39 Å². The smallest absolute Gasteiger partial charge is 0.343 e. The Morgan fingerprint density at radius 2 is 1.57 bits per heavy atom. The Bertz CT molecular complexity index is 1200. The molecule has 0 aliphatic heterocycles. The molecule has 0 amide bonds. The van der Waals surface area contributed by atoms with E-state index in [1.54, 1.807) is 53.0 Å². The Hall–Kier alpha value is -3.23. The summed E-state index contributed by atoms with van der Waals surface area (Å²) in [5.41, 5.74) is -2.72. The van der Waals surface area contributed by atoms with Gasteiger partial charge in [0.1, 0.15) is 22.6 Å². The highest BCUT2D eigenvalue weighted by atomic mass is 19.1. The van der Waals surface area contributed by atoms with Gasteiger partial charge in [-0.15, -0.1) is 0 Å². The lowest BCUT2D eigenvalue weighted by molar-refractivity contribution is -0.169. The van der Waals surface area contributed by atoms with Gasteiger partial charge in [-0.05, 0) is 73.4 Å². The maximum atomic E-state index is 15.5. The number of carbonyl (C=O) groups excluding carboxylic acids is 3. The van der Waals surface area contributed by atoms with Crippen LogP contribution in [0.5, 0.6) is 0 Å². The van der Waals surface area contributed by atoms with Crippen LogP contribution in [0.15, 0.2) is 23.1 Å². The predicted molar refractivity (Wildman–Crippen MR) is 127 cm³/mol. The molecule has 3 rings (SSSR count). The second kappa shape index (κ2) is 9.43. The maximum Gasteiger partial charge on any atom is 0.343 e. The Morgan fingerprint density at radius 1 is 1.03 bits per heavy atom. The molecule has 2 aromatic rings. The van der Waals surface area contributed by atoms with Gasteiger partial charge in [0.15, 0.2) is 5.92 Å². The number of rotatable bonds is 6. The zero-order valence-corrected chi connectivity index (χ0v) is 21.2. The lowest BCUT2D eigenvalue weighted by Gasteiger charge is -2.27. The first-order valence-electron chi connectivity index (χ1n) is 11.6. The van der Waals surface area contributed by atoms with Gasteiger partial charge in [0.25, 0.3) is 0 Å². The topological polar surface area (TPSA) is 101 Å². The van der Waals surface area contributed by atoms with Crippen LogP contribution < -0.4 is 5.43 Å². The van der Waals surface area contributed by atoms with Crippen molar-refractivity contribution in [2.75, 3.05) is 6.61 Å². The lowest BCUT2D eigenvalue weighted by atomic mass is 9.95. The van der Waals surface area contributed by atoms with Crippen molar-refractivity contribution in [2.45, 2.75) is 84.5 Å². The van der Waals surface area contributed by atoms with Gasteiger partial charge < -0.3 is 18.8 Å². The van der Waals surface area contributed by atoms with Gasteiger partial charge >= 0.3 is 17.9 Å². The van der Waals surface area contributed by atoms with Crippen LogP contribution in [-0.4, -0.2) is 40.3 Å². The number of ether oxygens (including phenoxy) is 3. The van der Waals surface area contributed by atoms with Gasteiger partial charge in [0, 0.05) is 23.2 Å². The Kier molecular flexibility index (Phi) is 7.11. The molecular formula is C26H32FNO7. The van der Waals surface area contributed by atoms with Crippen LogP contribution in [0.2, 0.25) is 0 Å². The molecule has 0 bridgehead atoms. The quantitative estimate of drug-likeness (QED) is 0.336. The number of nitrogens with zero attached hydrogens (tertiary/aromatic N) is 1. The second-order valence-corrected chi connectivity index (χ2v) is 10.6. The molecule has 0 atom stereocenters. The molecule has 9 heteroatoms. The normalized spacial score (nSPS) is 14.2. The fourth-order valence-electron chi connectivity index (χ4n) is 3.69. The van der Waals surface area contributed by atoms with E-state index in [1.165, 1.54) is 12.3 Å². The molecule has 1 aromatic carbocycles. The largest absolute Gasteiger partial charge is 0.462 e. The van der Waals surface area contributed by atoms with Crippen LogP contribution in [0, 0.1) is 5.82 Å². The first-order valence-corrected chi connectivity index (χ1v) is 11.6. The monoisotopic (exact) mass is 489 g/mol. The molecule has 0 unspecified atom stereocenters. The lowest BCUT2D eigenvalue weighted by Crippen LogP contribution is -2.36. The molecule has 1 fully saturated rings. The van der Waals surface area contributed by atoms with Gasteiger partial charge in [-0.2, -0.15) is 0 Å². The summed E-state index contributed by atoms with van der Waals surface area (Å²) in [5.74, 6) is -5.38. The van der Waals surface area contributed by atoms with E-state index >= 15 is 4.39 Å². The average molecular weight is 490 g/mol. The van der Waals surface area contributed by atoms with Crippen molar-refractivity contribution >= 4 is 28.8 Å². The summed E-state index contributed by atoms with van der Waals surface area (Å²) >= 11 is 0. The number of carbonyl (C=O) groups is 3. The highest BCUT2D eigenvalue weighted by molar-refractivity contribution is 6.02. The van der Waals surface area contributed by atoms with E-state index < -0.39 is 46.3 Å². The number of pyridine rings is 1. The van der Waals surface area contributed by atoms with Crippen molar-refractivity contribution in [3.63, 3.8) is 0 Å². The van der Waals surface area contributed by atoms with Crippen LogP contribution in [0.3, 0.4) is 0 Å². The van der Waals surface area contributed by atoms with E-state index in [0.29, 0.717) is 5.52 Å². The van der Waals surface area contributed by atoms with Crippen molar-refractivity contribution in [1.82, 2.24) is 4.57 Å². The van der Waals surface area contributed by atoms with Crippen molar-refractivity contribution in [3.05, 3.63) is 45.5 Å². The summed E-state index contributed by atoms with van der Waals surface area (Å²) in [5, 5.41) is -0.0455. The highest BCUT2D eigenvalue weighted by Crippen LogP contribution is 2.38. The fourth-order valence-corrected chi connectivity index (χ4v) is 3.69. The number of esters is 3. The number of fused-ring (bicyclic) bond motifs is 1. The minimum Gasteiger partial charge on any atom is -0.462 e. The van der Waals surface area contributed by atoms with Crippen LogP contribution >= 0.6 is 0 Å². The molecule has 1 saturated carbocycles. The zero-order chi connectivity index (χ0) is 26.3. The molecule has 1 aromatic heterocycles. The molecule has 35 heavy (non-hydrogen) atoms. The third-order valence-corrected chi connectivity index (χ3v) is 5.18. The van der Waals surface area contributed by atoms with E-state index in [4.69, 9.17) is 14.2 Å². The molecule has 8 nitrogen and oxygen atoms in total. The number of benzene rings is 1. The summed E-state index contributed by atoms with van der Waals surface area (Å²) in [7, 11) is 0. The molecule has 0 spiro atoms. The third kappa shape index (κ3) is 6.07. The summed E-state index contributed by atoms with van der Waals surface area (Å²) in [6, 6.07) is 2.25. The summed E-state index contributed by atoms with van der Waals surface area (Å²) in [6.07, 6.45) is 3.00. The second-order valence-electron chi connectivity index (χ2n) is 10.6. The van der Waals surface area contributed by atoms with Crippen LogP contribution in [0.1, 0.15) is 89.2 Å². The molecule has 0 N–H and O–H groups in total. The van der Waals surface area contributed by atoms with Gasteiger partial charge in [-0.1, -0.05) is 0 Å². The number of halogens is 1. The van der Waals surface area contributed by atoms with Crippen molar-refractivity contribution in [1.29, 1.82) is 0 Å². The molecule has 0 radical (unpaired) electrons. The molecule has 1 heterocycles. The third-order valence-electron chi connectivity index (χ3n) is 5.18. The van der Waals surface area contributed by atoms with Crippen molar-refractivity contribution < 1.29 is 33.0 Å². The zero-order valence-electron chi connectivity index (χ0n) is 21.2. The highest BCUT2D eigenvalue weighted by Gasteiger charge is 2.39. The number of hydrogen-bond donors (Lipinski definition) is 0. The van der Waals surface area contributed by atoms with Gasteiger partial charge in [0.05, 0.1) is 12.1 Å². The molecule has 0 saturated heterocycles. The summed E-state index contributed by atoms with van der Waals surface area (Å²) in [4.78, 5) is 51.5. The van der Waals surface area contributed by atoms with E-state index in [1.807, 2.05) is 0 Å². The minimum absolute atomic E-state index is 0.00825. The summed E-state index contributed by atoms with van der Waals surface area (Å²) < 4.78 is 33.0. The number of aromatic nitrogens is 1. The van der Waals surface area contributed by atoms with Crippen molar-refractivity contribution in [2.24, 2.45) is 0 Å². The van der Waals surface area contributed by atoms with E-state index in [0.717, 1.165) is 18.9 Å². The van der Waals surface area contributed by atoms with Gasteiger partial charge in [0.2, 0.25) is 5.43 Å².